The summed E-state index contributed by atoms with van der Waals surface area (Å²) in [6.07, 6.45) is 2.77. The fourth-order valence-electron chi connectivity index (χ4n) is 2.24. The van der Waals surface area contributed by atoms with Crippen LogP contribution in [0, 0.1) is 0 Å². The number of hydrogen-bond donors (Lipinski definition) is 1. The summed E-state index contributed by atoms with van der Waals surface area (Å²) >= 11 is 0. The van der Waals surface area contributed by atoms with Crippen LogP contribution in [0.1, 0.15) is 18.4 Å². The molecule has 0 atom stereocenters. The molecule has 1 N–H and O–H groups in total. The largest absolute Gasteiger partial charge is 0.479 e. The van der Waals surface area contributed by atoms with Gasteiger partial charge in [-0.05, 0) is 12.0 Å². The van der Waals surface area contributed by atoms with Crippen LogP contribution in [0.15, 0.2) is 35.5 Å². The third kappa shape index (κ3) is 5.01. The second kappa shape index (κ2) is 7.65. The minimum Gasteiger partial charge on any atom is -0.479 e. The van der Waals surface area contributed by atoms with E-state index in [0.717, 1.165) is 44.6 Å². The zero-order chi connectivity index (χ0) is 14.2. The maximum atomic E-state index is 10.3. The first kappa shape index (κ1) is 14.5. The molecule has 1 aromatic carbocycles. The van der Waals surface area contributed by atoms with E-state index in [4.69, 9.17) is 9.94 Å². The van der Waals surface area contributed by atoms with Crippen molar-refractivity contribution < 1.29 is 14.7 Å². The number of carbonyl (C=O) groups is 1. The number of aliphatic carboxylic acids is 1. The highest BCUT2D eigenvalue weighted by molar-refractivity contribution is 5.85. The third-order valence-electron chi connectivity index (χ3n) is 3.37. The van der Waals surface area contributed by atoms with E-state index in [2.05, 4.69) is 34.3 Å². The smallest absolute Gasteiger partial charge is 0.344 e. The molecule has 1 aliphatic heterocycles. The lowest BCUT2D eigenvalue weighted by molar-refractivity contribution is -0.142. The molecule has 108 valence electrons. The molecule has 0 amide bonds. The van der Waals surface area contributed by atoms with Gasteiger partial charge in [-0.2, -0.15) is 0 Å². The molecular weight excluding hydrogens is 256 g/mol. The Morgan fingerprint density at radius 2 is 1.95 bits per heavy atom. The van der Waals surface area contributed by atoms with Crippen molar-refractivity contribution in [3.05, 3.63) is 35.9 Å². The van der Waals surface area contributed by atoms with E-state index in [1.165, 1.54) is 5.56 Å². The lowest BCUT2D eigenvalue weighted by Gasteiger charge is -2.27. The summed E-state index contributed by atoms with van der Waals surface area (Å²) in [5, 5.41) is 12.3. The normalized spacial score (nSPS) is 15.9. The van der Waals surface area contributed by atoms with Crippen LogP contribution in [-0.4, -0.2) is 47.9 Å². The average Bonchev–Trinajstić information content (AvgIpc) is 2.47. The van der Waals surface area contributed by atoms with Gasteiger partial charge in [-0.3, -0.25) is 0 Å². The first-order valence-corrected chi connectivity index (χ1v) is 6.90. The second-order valence-corrected chi connectivity index (χ2v) is 4.90. The van der Waals surface area contributed by atoms with Gasteiger partial charge in [0.2, 0.25) is 6.61 Å². The molecule has 0 spiro atoms. The van der Waals surface area contributed by atoms with Gasteiger partial charge in [-0.25, -0.2) is 4.79 Å². The van der Waals surface area contributed by atoms with Crippen LogP contribution in [0.4, 0.5) is 0 Å². The van der Waals surface area contributed by atoms with E-state index in [0.29, 0.717) is 0 Å². The Morgan fingerprint density at radius 1 is 1.25 bits per heavy atom. The van der Waals surface area contributed by atoms with Crippen LogP contribution in [-0.2, 0) is 16.1 Å². The number of hydrogen-bond acceptors (Lipinski definition) is 4. The number of benzene rings is 1. The second-order valence-electron chi connectivity index (χ2n) is 4.90. The lowest BCUT2D eigenvalue weighted by atomic mass is 10.1. The predicted molar refractivity (Wildman–Crippen MR) is 76.8 cm³/mol. The summed E-state index contributed by atoms with van der Waals surface area (Å²) < 4.78 is 0. The van der Waals surface area contributed by atoms with Crippen molar-refractivity contribution in [2.75, 3.05) is 26.2 Å². The molecule has 0 radical (unpaired) electrons. The molecule has 1 aliphatic rings. The highest BCUT2D eigenvalue weighted by Gasteiger charge is 2.15. The zero-order valence-corrected chi connectivity index (χ0v) is 11.5. The summed E-state index contributed by atoms with van der Waals surface area (Å²) in [5.41, 5.74) is 2.32. The monoisotopic (exact) mass is 276 g/mol. The van der Waals surface area contributed by atoms with Crippen molar-refractivity contribution in [1.29, 1.82) is 0 Å². The molecule has 1 fully saturated rings. The van der Waals surface area contributed by atoms with Crippen LogP contribution in [0.2, 0.25) is 0 Å². The van der Waals surface area contributed by atoms with Crippen molar-refractivity contribution in [2.24, 2.45) is 5.16 Å². The molecule has 0 unspecified atom stereocenters. The van der Waals surface area contributed by atoms with Gasteiger partial charge in [0.25, 0.3) is 0 Å². The Labute approximate surface area is 118 Å². The van der Waals surface area contributed by atoms with E-state index in [-0.39, 0.29) is 6.61 Å². The standard InChI is InChI=1S/C15H20N2O3/c18-15(19)12-20-16-14-7-10-17(11-8-14)9-6-13-4-2-1-3-5-13/h1-5H,6-12H2,(H,18,19). The molecule has 5 heteroatoms. The number of rotatable bonds is 6. The number of piperidine rings is 1. The number of carboxylic acid groups (broad SMARTS) is 1. The fourth-order valence-corrected chi connectivity index (χ4v) is 2.24. The van der Waals surface area contributed by atoms with Crippen molar-refractivity contribution in [2.45, 2.75) is 19.3 Å². The van der Waals surface area contributed by atoms with Gasteiger partial charge in [-0.1, -0.05) is 35.5 Å². The van der Waals surface area contributed by atoms with Gasteiger partial charge < -0.3 is 14.8 Å². The Balaban J connectivity index is 1.68. The fraction of sp³-hybridized carbons (Fsp3) is 0.467. The average molecular weight is 276 g/mol. The van der Waals surface area contributed by atoms with E-state index in [9.17, 15) is 4.79 Å². The first-order valence-electron chi connectivity index (χ1n) is 6.90. The molecule has 2 rings (SSSR count). The Kier molecular flexibility index (Phi) is 5.55. The summed E-state index contributed by atoms with van der Waals surface area (Å²) in [5.74, 6) is -0.991. The van der Waals surface area contributed by atoms with E-state index in [1.54, 1.807) is 0 Å². The number of carboxylic acids is 1. The summed E-state index contributed by atoms with van der Waals surface area (Å²) in [7, 11) is 0. The highest BCUT2D eigenvalue weighted by Crippen LogP contribution is 2.09. The number of nitrogens with zero attached hydrogens (tertiary/aromatic N) is 2. The van der Waals surface area contributed by atoms with Crippen LogP contribution in [0.3, 0.4) is 0 Å². The summed E-state index contributed by atoms with van der Waals surface area (Å²) in [4.78, 5) is 17.5. The molecule has 0 saturated carbocycles. The van der Waals surface area contributed by atoms with Gasteiger partial charge in [0.1, 0.15) is 0 Å². The lowest BCUT2D eigenvalue weighted by Crippen LogP contribution is -2.35. The zero-order valence-electron chi connectivity index (χ0n) is 11.5. The number of likely N-dealkylation sites (tertiary alicyclic amines) is 1. The molecule has 0 bridgehead atoms. The molecule has 5 nitrogen and oxygen atoms in total. The van der Waals surface area contributed by atoms with Gasteiger partial charge in [0.05, 0.1) is 5.71 Å². The SMILES string of the molecule is O=C(O)CON=C1CCN(CCc2ccccc2)CC1. The van der Waals surface area contributed by atoms with Gasteiger partial charge in [-0.15, -0.1) is 0 Å². The van der Waals surface area contributed by atoms with Crippen LogP contribution in [0.25, 0.3) is 0 Å². The number of oxime groups is 1. The third-order valence-corrected chi connectivity index (χ3v) is 3.37. The maximum absolute atomic E-state index is 10.3. The minimum absolute atomic E-state index is 0.360. The quantitative estimate of drug-likeness (QED) is 0.805. The van der Waals surface area contributed by atoms with Crippen molar-refractivity contribution >= 4 is 11.7 Å². The van der Waals surface area contributed by atoms with E-state index in [1.807, 2.05) is 6.07 Å². The summed E-state index contributed by atoms with van der Waals surface area (Å²) in [6, 6.07) is 10.5. The molecule has 1 heterocycles. The van der Waals surface area contributed by atoms with Gasteiger partial charge >= 0.3 is 5.97 Å². The Bertz CT molecular complexity index is 449. The predicted octanol–water partition coefficient (Wildman–Crippen LogP) is 1.78. The van der Waals surface area contributed by atoms with E-state index >= 15 is 0 Å². The minimum atomic E-state index is -0.991. The maximum Gasteiger partial charge on any atom is 0.344 e. The van der Waals surface area contributed by atoms with Crippen LogP contribution < -0.4 is 0 Å². The van der Waals surface area contributed by atoms with Crippen molar-refractivity contribution in [3.63, 3.8) is 0 Å². The highest BCUT2D eigenvalue weighted by atomic mass is 16.6. The van der Waals surface area contributed by atoms with E-state index < -0.39 is 5.97 Å². The van der Waals surface area contributed by atoms with Crippen molar-refractivity contribution in [3.8, 4) is 0 Å². The molecule has 1 saturated heterocycles. The molecule has 0 aliphatic carbocycles. The van der Waals surface area contributed by atoms with Gasteiger partial charge in [0, 0.05) is 32.5 Å². The van der Waals surface area contributed by atoms with Gasteiger partial charge in [0.15, 0.2) is 0 Å². The topological polar surface area (TPSA) is 62.1 Å². The molecule has 0 aromatic heterocycles. The van der Waals surface area contributed by atoms with Crippen LogP contribution in [0.5, 0.6) is 0 Å². The first-order chi connectivity index (χ1) is 9.74. The molecule has 1 aromatic rings. The molecular formula is C15H20N2O3. The summed E-state index contributed by atoms with van der Waals surface area (Å²) in [6.45, 7) is 2.61. The van der Waals surface area contributed by atoms with Crippen LogP contribution >= 0.6 is 0 Å². The Hall–Kier alpha value is -1.88. The molecule has 20 heavy (non-hydrogen) atoms. The van der Waals surface area contributed by atoms with Crippen molar-refractivity contribution in [1.82, 2.24) is 4.90 Å². The Morgan fingerprint density at radius 3 is 2.60 bits per heavy atom.